The summed E-state index contributed by atoms with van der Waals surface area (Å²) >= 11 is 18.5. The van der Waals surface area contributed by atoms with Crippen LogP contribution in [0, 0.1) is 0 Å². The number of nitrogens with one attached hydrogen (secondary N) is 1. The molecule has 6 heteroatoms. The standard InChI is InChI=1S/C15H16Cl3N3/c1-21-14-4-2-3-13(10(14)8-20-21)19-7-9-11(16)5-6-12(17)15(9)18/h5-6,8,13,19H,2-4,7H2,1H3. The van der Waals surface area contributed by atoms with Crippen LogP contribution in [0.15, 0.2) is 18.3 Å². The second-order valence-electron chi connectivity index (χ2n) is 5.32. The number of aryl methyl sites for hydroxylation is 1. The van der Waals surface area contributed by atoms with Gasteiger partial charge in [0.25, 0.3) is 0 Å². The van der Waals surface area contributed by atoms with Gasteiger partial charge in [-0.25, -0.2) is 0 Å². The smallest absolute Gasteiger partial charge is 0.0652 e. The Balaban J connectivity index is 1.79. The minimum Gasteiger partial charge on any atom is -0.306 e. The topological polar surface area (TPSA) is 29.9 Å². The molecule has 0 saturated heterocycles. The number of aromatic nitrogens is 2. The SMILES string of the molecule is Cn1ncc2c1CCCC2NCc1c(Cl)ccc(Cl)c1Cl. The molecule has 1 aliphatic carbocycles. The van der Waals surface area contributed by atoms with Crippen molar-refractivity contribution in [2.45, 2.75) is 31.8 Å². The molecule has 1 atom stereocenters. The Morgan fingerprint density at radius 2 is 2.05 bits per heavy atom. The Kier molecular flexibility index (Phi) is 4.46. The average Bonchev–Trinajstić information content (AvgIpc) is 2.86. The highest BCUT2D eigenvalue weighted by atomic mass is 35.5. The van der Waals surface area contributed by atoms with Gasteiger partial charge < -0.3 is 5.32 Å². The molecule has 0 spiro atoms. The number of halogens is 3. The summed E-state index contributed by atoms with van der Waals surface area (Å²) in [6, 6.07) is 3.78. The summed E-state index contributed by atoms with van der Waals surface area (Å²) in [7, 11) is 1.99. The summed E-state index contributed by atoms with van der Waals surface area (Å²) in [5.41, 5.74) is 3.43. The van der Waals surface area contributed by atoms with Crippen molar-refractivity contribution in [1.29, 1.82) is 0 Å². The molecule has 1 N–H and O–H groups in total. The second-order valence-corrected chi connectivity index (χ2v) is 6.51. The van der Waals surface area contributed by atoms with E-state index in [1.807, 2.05) is 17.9 Å². The highest BCUT2D eigenvalue weighted by Crippen LogP contribution is 2.33. The van der Waals surface area contributed by atoms with Gasteiger partial charge in [-0.3, -0.25) is 4.68 Å². The molecule has 1 aromatic carbocycles. The van der Waals surface area contributed by atoms with Gasteiger partial charge in [0.05, 0.1) is 16.2 Å². The van der Waals surface area contributed by atoms with Gasteiger partial charge in [0.15, 0.2) is 0 Å². The van der Waals surface area contributed by atoms with E-state index in [1.165, 1.54) is 11.3 Å². The monoisotopic (exact) mass is 343 g/mol. The molecule has 0 amide bonds. The molecule has 0 radical (unpaired) electrons. The first-order chi connectivity index (χ1) is 10.1. The van der Waals surface area contributed by atoms with Crippen molar-refractivity contribution in [3.05, 3.63) is 50.2 Å². The van der Waals surface area contributed by atoms with Crippen LogP contribution in [0.1, 0.15) is 35.7 Å². The van der Waals surface area contributed by atoms with E-state index >= 15 is 0 Å². The lowest BCUT2D eigenvalue weighted by atomic mass is 9.93. The lowest BCUT2D eigenvalue weighted by Gasteiger charge is -2.24. The van der Waals surface area contributed by atoms with Crippen LogP contribution in [0.5, 0.6) is 0 Å². The molecular formula is C15H16Cl3N3. The van der Waals surface area contributed by atoms with Gasteiger partial charge in [0.2, 0.25) is 0 Å². The Bertz CT molecular complexity index is 666. The zero-order valence-electron chi connectivity index (χ0n) is 11.7. The van der Waals surface area contributed by atoms with Gasteiger partial charge in [0.1, 0.15) is 0 Å². The van der Waals surface area contributed by atoms with Gasteiger partial charge in [0, 0.05) is 41.5 Å². The third-order valence-electron chi connectivity index (χ3n) is 4.04. The molecule has 1 heterocycles. The summed E-state index contributed by atoms with van der Waals surface area (Å²) in [5.74, 6) is 0. The van der Waals surface area contributed by atoms with Crippen LogP contribution in [0.2, 0.25) is 15.1 Å². The third-order valence-corrected chi connectivity index (χ3v) is 5.24. The molecule has 0 aliphatic heterocycles. The number of fused-ring (bicyclic) bond motifs is 1. The molecular weight excluding hydrogens is 329 g/mol. The number of nitrogens with zero attached hydrogens (tertiary/aromatic N) is 2. The lowest BCUT2D eigenvalue weighted by Crippen LogP contribution is -2.25. The first-order valence-corrected chi connectivity index (χ1v) is 8.08. The van der Waals surface area contributed by atoms with Crippen molar-refractivity contribution in [2.24, 2.45) is 7.05 Å². The average molecular weight is 345 g/mol. The van der Waals surface area contributed by atoms with Gasteiger partial charge in [-0.05, 0) is 31.4 Å². The van der Waals surface area contributed by atoms with E-state index in [0.29, 0.717) is 21.6 Å². The van der Waals surface area contributed by atoms with E-state index in [4.69, 9.17) is 34.8 Å². The van der Waals surface area contributed by atoms with Crippen LogP contribution >= 0.6 is 34.8 Å². The summed E-state index contributed by atoms with van der Waals surface area (Å²) in [6.07, 6.45) is 5.28. The summed E-state index contributed by atoms with van der Waals surface area (Å²) in [6.45, 7) is 0.594. The summed E-state index contributed by atoms with van der Waals surface area (Å²) in [5, 5.41) is 9.59. The van der Waals surface area contributed by atoms with Gasteiger partial charge >= 0.3 is 0 Å². The van der Waals surface area contributed by atoms with Crippen molar-refractivity contribution < 1.29 is 0 Å². The van der Waals surface area contributed by atoms with Crippen LogP contribution in [-0.4, -0.2) is 9.78 Å². The lowest BCUT2D eigenvalue weighted by molar-refractivity contribution is 0.452. The fourth-order valence-corrected chi connectivity index (χ4v) is 3.56. The highest BCUT2D eigenvalue weighted by molar-refractivity contribution is 6.44. The fraction of sp³-hybridized carbons (Fsp3) is 0.400. The van der Waals surface area contributed by atoms with Crippen LogP contribution in [0.3, 0.4) is 0 Å². The number of hydrogen-bond acceptors (Lipinski definition) is 2. The maximum Gasteiger partial charge on any atom is 0.0652 e. The van der Waals surface area contributed by atoms with E-state index in [0.717, 1.165) is 24.8 Å². The van der Waals surface area contributed by atoms with Crippen molar-refractivity contribution in [3.63, 3.8) is 0 Å². The molecule has 112 valence electrons. The Morgan fingerprint density at radius 1 is 1.29 bits per heavy atom. The zero-order valence-corrected chi connectivity index (χ0v) is 13.9. The van der Waals surface area contributed by atoms with E-state index in [9.17, 15) is 0 Å². The maximum atomic E-state index is 6.25. The zero-order chi connectivity index (χ0) is 15.0. The van der Waals surface area contributed by atoms with E-state index in [-0.39, 0.29) is 6.04 Å². The highest BCUT2D eigenvalue weighted by Gasteiger charge is 2.23. The minimum atomic E-state index is 0.286. The largest absolute Gasteiger partial charge is 0.306 e. The van der Waals surface area contributed by atoms with Crippen molar-refractivity contribution in [1.82, 2.24) is 15.1 Å². The molecule has 21 heavy (non-hydrogen) atoms. The molecule has 0 bridgehead atoms. The van der Waals surface area contributed by atoms with E-state index in [2.05, 4.69) is 10.4 Å². The van der Waals surface area contributed by atoms with Crippen LogP contribution < -0.4 is 5.32 Å². The van der Waals surface area contributed by atoms with Crippen LogP contribution in [0.25, 0.3) is 0 Å². The van der Waals surface area contributed by atoms with Crippen molar-refractivity contribution in [3.8, 4) is 0 Å². The Hall–Kier alpha value is -0.740. The maximum absolute atomic E-state index is 6.25. The predicted molar refractivity (Wildman–Crippen MR) is 87.2 cm³/mol. The van der Waals surface area contributed by atoms with Crippen LogP contribution in [-0.2, 0) is 20.0 Å². The van der Waals surface area contributed by atoms with Crippen molar-refractivity contribution in [2.75, 3.05) is 0 Å². The molecule has 0 fully saturated rings. The second kappa shape index (κ2) is 6.17. The first kappa shape index (κ1) is 15.2. The Morgan fingerprint density at radius 3 is 2.86 bits per heavy atom. The predicted octanol–water partition coefficient (Wildman–Crippen LogP) is 4.55. The number of hydrogen-bond donors (Lipinski definition) is 1. The van der Waals surface area contributed by atoms with E-state index in [1.54, 1.807) is 12.1 Å². The fourth-order valence-electron chi connectivity index (χ4n) is 2.87. The van der Waals surface area contributed by atoms with Crippen molar-refractivity contribution >= 4 is 34.8 Å². The molecule has 1 aromatic heterocycles. The van der Waals surface area contributed by atoms with Crippen LogP contribution in [0.4, 0.5) is 0 Å². The number of benzene rings is 1. The van der Waals surface area contributed by atoms with E-state index < -0.39 is 0 Å². The molecule has 0 saturated carbocycles. The first-order valence-electron chi connectivity index (χ1n) is 6.94. The van der Waals surface area contributed by atoms with Gasteiger partial charge in [-0.1, -0.05) is 34.8 Å². The van der Waals surface area contributed by atoms with Gasteiger partial charge in [-0.15, -0.1) is 0 Å². The summed E-state index contributed by atoms with van der Waals surface area (Å²) < 4.78 is 1.96. The normalized spacial score (nSPS) is 17.8. The third kappa shape index (κ3) is 2.93. The molecule has 2 aromatic rings. The minimum absolute atomic E-state index is 0.286. The molecule has 1 unspecified atom stereocenters. The summed E-state index contributed by atoms with van der Waals surface area (Å²) in [4.78, 5) is 0. The molecule has 1 aliphatic rings. The Labute approximate surface area is 139 Å². The number of rotatable bonds is 3. The molecule has 3 rings (SSSR count). The quantitative estimate of drug-likeness (QED) is 0.828. The molecule has 3 nitrogen and oxygen atoms in total. The van der Waals surface area contributed by atoms with Gasteiger partial charge in [-0.2, -0.15) is 5.10 Å².